The molecule has 0 aromatic heterocycles. The van der Waals surface area contributed by atoms with Gasteiger partial charge in [-0.05, 0) is 17.9 Å². The number of primary amides is 1. The lowest BCUT2D eigenvalue weighted by Gasteiger charge is -2.26. The zero-order valence-electron chi connectivity index (χ0n) is 18.5. The number of hydrogen-bond acceptors (Lipinski definition) is 7. The summed E-state index contributed by atoms with van der Waals surface area (Å²) in [6.07, 6.45) is -0.358. The van der Waals surface area contributed by atoms with Crippen molar-refractivity contribution in [2.24, 2.45) is 17.4 Å². The van der Waals surface area contributed by atoms with Gasteiger partial charge in [0.25, 0.3) is 0 Å². The van der Waals surface area contributed by atoms with Gasteiger partial charge in [0, 0.05) is 0 Å². The van der Waals surface area contributed by atoms with Gasteiger partial charge in [-0.2, -0.15) is 0 Å². The van der Waals surface area contributed by atoms with Gasteiger partial charge in [0.2, 0.25) is 23.6 Å². The standard InChI is InChI=1S/C21H31N5O7/c1-11(2)17(20(31)25-15(10-27)21(32)33)26-19(30)14(9-16(23)28)24-18(29)13(22)8-12-6-4-3-5-7-12/h3-7,11,13-15,17,27H,8-10,22H2,1-2H3,(H2,23,28)(H,24,29)(H,25,31)(H,26,30)(H,32,33). The van der Waals surface area contributed by atoms with Crippen LogP contribution < -0.4 is 27.4 Å². The van der Waals surface area contributed by atoms with Crippen molar-refractivity contribution in [3.63, 3.8) is 0 Å². The minimum Gasteiger partial charge on any atom is -0.480 e. The van der Waals surface area contributed by atoms with E-state index in [0.29, 0.717) is 0 Å². The highest BCUT2D eigenvalue weighted by Crippen LogP contribution is 2.06. The summed E-state index contributed by atoms with van der Waals surface area (Å²) in [5.74, 6) is -5.25. The fourth-order valence-corrected chi connectivity index (χ4v) is 2.89. The maximum absolute atomic E-state index is 12.8. The summed E-state index contributed by atoms with van der Waals surface area (Å²) in [7, 11) is 0. The molecule has 9 N–H and O–H groups in total. The highest BCUT2D eigenvalue weighted by Gasteiger charge is 2.32. The molecule has 0 aliphatic heterocycles. The van der Waals surface area contributed by atoms with Gasteiger partial charge in [-0.25, -0.2) is 4.79 Å². The number of carboxylic acids is 1. The first-order valence-corrected chi connectivity index (χ1v) is 10.3. The Balaban J connectivity index is 2.90. The summed E-state index contributed by atoms with van der Waals surface area (Å²) in [6.45, 7) is 2.34. The molecule has 12 heteroatoms. The molecule has 0 aliphatic carbocycles. The van der Waals surface area contributed by atoms with Crippen LogP contribution in [0.5, 0.6) is 0 Å². The van der Waals surface area contributed by atoms with Crippen molar-refractivity contribution in [2.45, 2.75) is 50.9 Å². The predicted molar refractivity (Wildman–Crippen MR) is 117 cm³/mol. The Morgan fingerprint density at radius 3 is 1.97 bits per heavy atom. The molecule has 182 valence electrons. The number of rotatable bonds is 13. The third-order valence-electron chi connectivity index (χ3n) is 4.72. The third-order valence-corrected chi connectivity index (χ3v) is 4.72. The normalized spacial score (nSPS) is 14.5. The second kappa shape index (κ2) is 13.1. The molecule has 1 rings (SSSR count). The topological polar surface area (TPSA) is 214 Å². The van der Waals surface area contributed by atoms with Gasteiger partial charge in [0.15, 0.2) is 0 Å². The Labute approximate surface area is 191 Å². The molecule has 1 aromatic carbocycles. The molecule has 0 aliphatic rings. The van der Waals surface area contributed by atoms with Gasteiger partial charge in [-0.3, -0.25) is 19.2 Å². The summed E-state index contributed by atoms with van der Waals surface area (Å²) >= 11 is 0. The molecule has 4 atom stereocenters. The van der Waals surface area contributed by atoms with Crippen LogP contribution in [-0.4, -0.2) is 70.6 Å². The molecule has 4 unspecified atom stereocenters. The highest BCUT2D eigenvalue weighted by molar-refractivity contribution is 5.96. The number of carbonyl (C=O) groups is 5. The number of hydrogen-bond donors (Lipinski definition) is 7. The SMILES string of the molecule is CC(C)C(NC(=O)C(CC(N)=O)NC(=O)C(N)Cc1ccccc1)C(=O)NC(CO)C(=O)O. The lowest BCUT2D eigenvalue weighted by Crippen LogP contribution is -2.59. The van der Waals surface area contributed by atoms with Gasteiger partial charge < -0.3 is 37.6 Å². The van der Waals surface area contributed by atoms with Crippen molar-refractivity contribution < 1.29 is 34.2 Å². The first-order chi connectivity index (χ1) is 15.5. The van der Waals surface area contributed by atoms with E-state index < -0.39 is 72.7 Å². The number of benzene rings is 1. The third kappa shape index (κ3) is 9.25. The van der Waals surface area contributed by atoms with Crippen LogP contribution in [-0.2, 0) is 30.4 Å². The zero-order chi connectivity index (χ0) is 25.1. The monoisotopic (exact) mass is 465 g/mol. The molecule has 0 saturated carbocycles. The van der Waals surface area contributed by atoms with Gasteiger partial charge in [-0.1, -0.05) is 44.2 Å². The van der Waals surface area contributed by atoms with Crippen LogP contribution in [0.15, 0.2) is 30.3 Å². The quantitative estimate of drug-likeness (QED) is 0.167. The summed E-state index contributed by atoms with van der Waals surface area (Å²) in [4.78, 5) is 60.3. The average molecular weight is 466 g/mol. The number of carboxylic acid groups (broad SMARTS) is 1. The maximum atomic E-state index is 12.8. The van der Waals surface area contributed by atoms with Crippen molar-refractivity contribution in [1.82, 2.24) is 16.0 Å². The van der Waals surface area contributed by atoms with Crippen LogP contribution >= 0.6 is 0 Å². The molecule has 1 aromatic rings. The Kier molecular flexibility index (Phi) is 11.0. The van der Waals surface area contributed by atoms with E-state index >= 15 is 0 Å². The Hall–Kier alpha value is -3.51. The van der Waals surface area contributed by atoms with E-state index in [4.69, 9.17) is 21.7 Å². The second-order valence-corrected chi connectivity index (χ2v) is 7.84. The summed E-state index contributed by atoms with van der Waals surface area (Å²) in [5, 5.41) is 25.0. The number of carbonyl (C=O) groups excluding carboxylic acids is 4. The fraction of sp³-hybridized carbons (Fsp3) is 0.476. The fourth-order valence-electron chi connectivity index (χ4n) is 2.89. The number of aliphatic hydroxyl groups excluding tert-OH is 1. The molecular weight excluding hydrogens is 434 g/mol. The Bertz CT molecular complexity index is 847. The largest absolute Gasteiger partial charge is 0.480 e. The number of nitrogens with one attached hydrogen (secondary N) is 3. The lowest BCUT2D eigenvalue weighted by molar-refractivity contribution is -0.143. The smallest absolute Gasteiger partial charge is 0.328 e. The molecule has 0 fully saturated rings. The molecule has 0 bridgehead atoms. The van der Waals surface area contributed by atoms with E-state index in [1.807, 2.05) is 6.07 Å². The highest BCUT2D eigenvalue weighted by atomic mass is 16.4. The summed E-state index contributed by atoms with van der Waals surface area (Å²) in [6, 6.07) is 3.75. The van der Waals surface area contributed by atoms with E-state index in [1.165, 1.54) is 0 Å². The first kappa shape index (κ1) is 27.5. The van der Waals surface area contributed by atoms with E-state index in [1.54, 1.807) is 38.1 Å². The average Bonchev–Trinajstić information content (AvgIpc) is 2.74. The van der Waals surface area contributed by atoms with Crippen LogP contribution in [0.2, 0.25) is 0 Å². The molecule has 12 nitrogen and oxygen atoms in total. The number of amides is 4. The van der Waals surface area contributed by atoms with Crippen molar-refractivity contribution in [3.8, 4) is 0 Å². The Morgan fingerprint density at radius 1 is 0.909 bits per heavy atom. The molecule has 0 spiro atoms. The summed E-state index contributed by atoms with van der Waals surface area (Å²) < 4.78 is 0. The molecule has 0 heterocycles. The predicted octanol–water partition coefficient (Wildman–Crippen LogP) is -2.38. The van der Waals surface area contributed by atoms with Gasteiger partial charge in [0.05, 0.1) is 19.1 Å². The maximum Gasteiger partial charge on any atom is 0.328 e. The van der Waals surface area contributed by atoms with Crippen molar-refractivity contribution in [1.29, 1.82) is 0 Å². The van der Waals surface area contributed by atoms with E-state index in [-0.39, 0.29) is 6.42 Å². The number of nitrogens with two attached hydrogens (primary N) is 2. The van der Waals surface area contributed by atoms with Crippen LogP contribution in [0.4, 0.5) is 0 Å². The first-order valence-electron chi connectivity index (χ1n) is 10.3. The lowest BCUT2D eigenvalue weighted by atomic mass is 10.0. The molecule has 33 heavy (non-hydrogen) atoms. The molecule has 4 amide bonds. The van der Waals surface area contributed by atoms with Gasteiger partial charge >= 0.3 is 5.97 Å². The van der Waals surface area contributed by atoms with Crippen LogP contribution in [0.25, 0.3) is 0 Å². The van der Waals surface area contributed by atoms with E-state index in [9.17, 15) is 24.0 Å². The molecule has 0 radical (unpaired) electrons. The van der Waals surface area contributed by atoms with Gasteiger partial charge in [-0.15, -0.1) is 0 Å². The zero-order valence-corrected chi connectivity index (χ0v) is 18.5. The second-order valence-electron chi connectivity index (χ2n) is 7.84. The van der Waals surface area contributed by atoms with Gasteiger partial charge in [0.1, 0.15) is 18.1 Å². The minimum atomic E-state index is -1.56. The van der Waals surface area contributed by atoms with Crippen molar-refractivity contribution >= 4 is 29.6 Å². The van der Waals surface area contributed by atoms with Crippen LogP contribution in [0.1, 0.15) is 25.8 Å². The van der Waals surface area contributed by atoms with Crippen LogP contribution in [0, 0.1) is 5.92 Å². The van der Waals surface area contributed by atoms with Crippen LogP contribution in [0.3, 0.4) is 0 Å². The number of aliphatic carboxylic acids is 1. The van der Waals surface area contributed by atoms with Crippen molar-refractivity contribution in [2.75, 3.05) is 6.61 Å². The van der Waals surface area contributed by atoms with Crippen molar-refractivity contribution in [3.05, 3.63) is 35.9 Å². The van der Waals surface area contributed by atoms with E-state index in [2.05, 4.69) is 16.0 Å². The molecule has 0 saturated heterocycles. The summed E-state index contributed by atoms with van der Waals surface area (Å²) in [5.41, 5.74) is 11.9. The van der Waals surface area contributed by atoms with E-state index in [0.717, 1.165) is 5.56 Å². The Morgan fingerprint density at radius 2 is 1.48 bits per heavy atom. The minimum absolute atomic E-state index is 0.187. The molecular formula is C21H31N5O7. The number of aliphatic hydroxyl groups is 1.